The highest BCUT2D eigenvalue weighted by molar-refractivity contribution is 5.68. The molecule has 0 saturated carbocycles. The Balaban J connectivity index is 1.40. The molecule has 0 amide bonds. The Labute approximate surface area is 215 Å². The molecular weight excluding hydrogens is 478 g/mol. The average Bonchev–Trinajstić information content (AvgIpc) is 3.37. The number of halogens is 2. The summed E-state index contributed by atoms with van der Waals surface area (Å²) in [5.74, 6) is -3.24. The Bertz CT molecular complexity index is 1290. The molecule has 5 rings (SSSR count). The zero-order valence-electron chi connectivity index (χ0n) is 21.2. The van der Waals surface area contributed by atoms with E-state index in [1.807, 2.05) is 18.2 Å². The molecule has 2 aromatic carbocycles. The highest BCUT2D eigenvalue weighted by Gasteiger charge is 2.32. The Morgan fingerprint density at radius 2 is 1.95 bits per heavy atom. The lowest BCUT2D eigenvalue weighted by atomic mass is 9.97. The number of anilines is 1. The average molecular weight is 511 g/mol. The monoisotopic (exact) mass is 510 g/mol. The van der Waals surface area contributed by atoms with Crippen LogP contribution in [0.3, 0.4) is 0 Å². The molecule has 196 valence electrons. The van der Waals surface area contributed by atoms with Crippen molar-refractivity contribution in [1.29, 1.82) is 0 Å². The first-order valence-corrected chi connectivity index (χ1v) is 12.9. The van der Waals surface area contributed by atoms with Crippen LogP contribution in [0.5, 0.6) is 0 Å². The van der Waals surface area contributed by atoms with E-state index in [4.69, 9.17) is 9.63 Å². The maximum absolute atomic E-state index is 14.7. The van der Waals surface area contributed by atoms with E-state index < -0.39 is 11.9 Å². The van der Waals surface area contributed by atoms with Crippen LogP contribution in [-0.2, 0) is 23.7 Å². The van der Waals surface area contributed by atoms with Crippen LogP contribution < -0.4 is 4.90 Å². The van der Waals surface area contributed by atoms with Gasteiger partial charge in [-0.2, -0.15) is 4.98 Å². The Hall–Kier alpha value is -3.33. The Morgan fingerprint density at radius 1 is 1.14 bits per heavy atom. The minimum Gasteiger partial charge on any atom is -0.481 e. The van der Waals surface area contributed by atoms with Gasteiger partial charge in [-0.3, -0.25) is 9.69 Å². The van der Waals surface area contributed by atoms with Crippen LogP contribution in [0.15, 0.2) is 40.9 Å². The minimum atomic E-state index is -3.02. The number of aromatic nitrogens is 2. The summed E-state index contributed by atoms with van der Waals surface area (Å²) in [5.41, 5.74) is 4.08. The first-order valence-electron chi connectivity index (χ1n) is 12.9. The fourth-order valence-electron chi connectivity index (χ4n) is 5.38. The van der Waals surface area contributed by atoms with Crippen LogP contribution in [0.2, 0.25) is 0 Å². The molecule has 1 unspecified atom stereocenters. The fourth-order valence-corrected chi connectivity index (χ4v) is 5.38. The maximum atomic E-state index is 14.7. The molecule has 1 saturated heterocycles. The van der Waals surface area contributed by atoms with Gasteiger partial charge in [-0.1, -0.05) is 17.3 Å². The number of carboxylic acid groups (broad SMARTS) is 1. The van der Waals surface area contributed by atoms with E-state index in [1.165, 1.54) is 11.6 Å². The number of alkyl halides is 2. The molecule has 1 fully saturated rings. The third kappa shape index (κ3) is 5.51. The van der Waals surface area contributed by atoms with Crippen LogP contribution in [0, 0.1) is 0 Å². The Morgan fingerprint density at radius 3 is 2.70 bits per heavy atom. The number of rotatable bonds is 7. The molecule has 0 aliphatic carbocycles. The lowest BCUT2D eigenvalue weighted by molar-refractivity contribution is -0.137. The molecule has 0 spiro atoms. The smallest absolute Gasteiger partial charge is 0.304 e. The number of nitrogens with zero attached hydrogens (tertiary/aromatic N) is 4. The van der Waals surface area contributed by atoms with Gasteiger partial charge in [0.1, 0.15) is 0 Å². The largest absolute Gasteiger partial charge is 0.481 e. The van der Waals surface area contributed by atoms with E-state index in [2.05, 4.69) is 26.9 Å². The molecule has 1 N–H and O–H groups in total. The van der Waals surface area contributed by atoms with Crippen molar-refractivity contribution >= 4 is 11.7 Å². The van der Waals surface area contributed by atoms with Crippen LogP contribution >= 0.6 is 0 Å². The molecule has 2 aliphatic rings. The van der Waals surface area contributed by atoms with Crippen LogP contribution in [-0.4, -0.2) is 51.8 Å². The molecule has 1 aromatic heterocycles. The normalized spacial score (nSPS) is 18.6. The third-order valence-corrected chi connectivity index (χ3v) is 7.45. The number of hydrogen-bond acceptors (Lipinski definition) is 6. The predicted molar refractivity (Wildman–Crippen MR) is 137 cm³/mol. The van der Waals surface area contributed by atoms with Crippen molar-refractivity contribution in [2.24, 2.45) is 0 Å². The van der Waals surface area contributed by atoms with Gasteiger partial charge in [0.15, 0.2) is 0 Å². The van der Waals surface area contributed by atoms with Gasteiger partial charge in [0.05, 0.1) is 6.42 Å². The molecule has 3 heterocycles. The second kappa shape index (κ2) is 10.2. The summed E-state index contributed by atoms with van der Waals surface area (Å²) in [6.07, 6.45) is 4.05. The summed E-state index contributed by atoms with van der Waals surface area (Å²) in [6, 6.07) is 11.2. The summed E-state index contributed by atoms with van der Waals surface area (Å²) in [4.78, 5) is 19.7. The van der Waals surface area contributed by atoms with Crippen molar-refractivity contribution in [3.05, 3.63) is 53.1 Å². The van der Waals surface area contributed by atoms with Crippen molar-refractivity contribution in [3.63, 3.8) is 0 Å². The molecule has 37 heavy (non-hydrogen) atoms. The lowest BCUT2D eigenvalue weighted by Crippen LogP contribution is -2.38. The maximum Gasteiger partial charge on any atom is 0.304 e. The van der Waals surface area contributed by atoms with E-state index >= 15 is 0 Å². The van der Waals surface area contributed by atoms with Gasteiger partial charge < -0.3 is 14.5 Å². The van der Waals surface area contributed by atoms with Crippen molar-refractivity contribution in [2.45, 2.75) is 64.5 Å². The van der Waals surface area contributed by atoms with E-state index in [1.54, 1.807) is 12.1 Å². The quantitative estimate of drug-likeness (QED) is 0.435. The van der Waals surface area contributed by atoms with Crippen molar-refractivity contribution in [1.82, 2.24) is 15.0 Å². The number of carboxylic acids is 1. The summed E-state index contributed by atoms with van der Waals surface area (Å²) < 4.78 is 35.0. The predicted octanol–water partition coefficient (Wildman–Crippen LogP) is 5.73. The van der Waals surface area contributed by atoms with E-state index in [0.717, 1.165) is 56.8 Å². The third-order valence-electron chi connectivity index (χ3n) is 7.45. The number of aliphatic carboxylic acids is 1. The molecule has 3 aromatic rings. The fraction of sp³-hybridized carbons (Fsp3) is 0.464. The van der Waals surface area contributed by atoms with Gasteiger partial charge >= 0.3 is 5.97 Å². The molecule has 0 bridgehead atoms. The molecule has 0 radical (unpaired) electrons. The molecule has 2 aliphatic heterocycles. The van der Waals surface area contributed by atoms with Gasteiger partial charge in [0.2, 0.25) is 5.82 Å². The first-order chi connectivity index (χ1) is 17.7. The lowest BCUT2D eigenvalue weighted by Gasteiger charge is -2.37. The van der Waals surface area contributed by atoms with Gasteiger partial charge in [-0.25, -0.2) is 8.78 Å². The molecule has 7 nitrogen and oxygen atoms in total. The second-order valence-corrected chi connectivity index (χ2v) is 10.2. The SMILES string of the molecule is CC1CCCCN1c1ccc(-c2nc(-c3ccc4c(c3)CN(CCC(=O)O)CC4)no2)cc1C(C)(F)F. The van der Waals surface area contributed by atoms with Crippen LogP contribution in [0.1, 0.15) is 56.2 Å². The highest BCUT2D eigenvalue weighted by atomic mass is 19.3. The minimum absolute atomic E-state index is 0.0336. The van der Waals surface area contributed by atoms with Crippen LogP contribution in [0.25, 0.3) is 22.8 Å². The molecule has 9 heteroatoms. The van der Waals surface area contributed by atoms with Gasteiger partial charge in [0, 0.05) is 61.5 Å². The number of benzene rings is 2. The van der Waals surface area contributed by atoms with Gasteiger partial charge in [0.25, 0.3) is 11.8 Å². The Kier molecular flexibility index (Phi) is 6.98. The van der Waals surface area contributed by atoms with Crippen molar-refractivity contribution in [3.8, 4) is 22.8 Å². The highest BCUT2D eigenvalue weighted by Crippen LogP contribution is 2.40. The number of hydrogen-bond donors (Lipinski definition) is 1. The van der Waals surface area contributed by atoms with Crippen LogP contribution in [0.4, 0.5) is 14.5 Å². The number of carbonyl (C=O) groups is 1. The zero-order chi connectivity index (χ0) is 26.2. The topological polar surface area (TPSA) is 82.7 Å². The van der Waals surface area contributed by atoms with Gasteiger partial charge in [-0.15, -0.1) is 0 Å². The van der Waals surface area contributed by atoms with E-state index in [9.17, 15) is 13.6 Å². The van der Waals surface area contributed by atoms with E-state index in [-0.39, 0.29) is 23.9 Å². The summed E-state index contributed by atoms with van der Waals surface area (Å²) in [6.45, 7) is 5.76. The van der Waals surface area contributed by atoms with Crippen molar-refractivity contribution < 1.29 is 23.2 Å². The zero-order valence-corrected chi connectivity index (χ0v) is 21.2. The summed E-state index contributed by atoms with van der Waals surface area (Å²) in [7, 11) is 0. The number of piperidine rings is 1. The summed E-state index contributed by atoms with van der Waals surface area (Å²) >= 11 is 0. The van der Waals surface area contributed by atoms with Gasteiger partial charge in [-0.05, 0) is 68.0 Å². The number of fused-ring (bicyclic) bond motifs is 1. The molecule has 1 atom stereocenters. The standard InChI is InChI=1S/C28H32F2N4O3/c1-18-5-3-4-12-34(18)24-9-8-21(16-23(24)28(2,29)30)27-31-26(32-37-27)20-7-6-19-10-13-33(14-11-25(35)36)17-22(19)15-20/h6-9,15-16,18H,3-5,10-14,17H2,1-2H3,(H,35,36). The second-order valence-electron chi connectivity index (χ2n) is 10.2. The van der Waals surface area contributed by atoms with Crippen molar-refractivity contribution in [2.75, 3.05) is 24.5 Å². The molecular formula is C28H32F2N4O3. The summed E-state index contributed by atoms with van der Waals surface area (Å²) in [5, 5.41) is 13.1. The van der Waals surface area contributed by atoms with E-state index in [0.29, 0.717) is 30.2 Å². The first kappa shape index (κ1) is 25.3.